The van der Waals surface area contributed by atoms with E-state index >= 15 is 0 Å². The molecule has 2 aromatic carbocycles. The van der Waals surface area contributed by atoms with Crippen molar-refractivity contribution in [2.24, 2.45) is 5.92 Å². The van der Waals surface area contributed by atoms with Gasteiger partial charge in [0.25, 0.3) is 0 Å². The van der Waals surface area contributed by atoms with Gasteiger partial charge in [0, 0.05) is 24.6 Å². The Morgan fingerprint density at radius 3 is 2.38 bits per heavy atom. The third kappa shape index (κ3) is 3.52. The Morgan fingerprint density at radius 1 is 1.03 bits per heavy atom. The van der Waals surface area contributed by atoms with Gasteiger partial charge in [-0.15, -0.1) is 0 Å². The number of carbonyl (C=O) groups is 1. The molecule has 2 saturated heterocycles. The molecule has 2 aliphatic heterocycles. The molecule has 2 heterocycles. The SMILES string of the molecule is CC(C)c1ccc(C2C3C(NNC3c3ccccc3O)C(=O)N2CCCO)cc1. The number of para-hydroxylation sites is 1. The van der Waals surface area contributed by atoms with Crippen molar-refractivity contribution in [2.75, 3.05) is 13.2 Å². The predicted octanol–water partition coefficient (Wildman–Crippen LogP) is 2.62. The molecule has 4 atom stereocenters. The van der Waals surface area contributed by atoms with Gasteiger partial charge < -0.3 is 15.1 Å². The molecule has 6 nitrogen and oxygen atoms in total. The van der Waals surface area contributed by atoms with Gasteiger partial charge in [0.2, 0.25) is 5.91 Å². The highest BCUT2D eigenvalue weighted by Crippen LogP contribution is 2.48. The van der Waals surface area contributed by atoms with E-state index in [-0.39, 0.29) is 42.3 Å². The van der Waals surface area contributed by atoms with Crippen LogP contribution >= 0.6 is 0 Å². The van der Waals surface area contributed by atoms with Crippen LogP contribution in [-0.4, -0.2) is 40.2 Å². The largest absolute Gasteiger partial charge is 0.508 e. The molecule has 154 valence electrons. The van der Waals surface area contributed by atoms with E-state index in [1.54, 1.807) is 12.1 Å². The summed E-state index contributed by atoms with van der Waals surface area (Å²) >= 11 is 0. The quantitative estimate of drug-likeness (QED) is 0.604. The first kappa shape index (κ1) is 19.9. The smallest absolute Gasteiger partial charge is 0.242 e. The van der Waals surface area contributed by atoms with E-state index < -0.39 is 0 Å². The molecule has 6 heteroatoms. The first-order valence-electron chi connectivity index (χ1n) is 10.3. The molecule has 0 saturated carbocycles. The normalized spacial score (nSPS) is 26.3. The molecule has 0 spiro atoms. The Morgan fingerprint density at radius 2 is 1.72 bits per heavy atom. The number of rotatable bonds is 6. The second-order valence-electron chi connectivity index (χ2n) is 8.26. The van der Waals surface area contributed by atoms with Crippen molar-refractivity contribution in [1.82, 2.24) is 15.8 Å². The Bertz CT molecular complexity index is 868. The molecule has 0 radical (unpaired) electrons. The summed E-state index contributed by atoms with van der Waals surface area (Å²) in [4.78, 5) is 15.1. The van der Waals surface area contributed by atoms with Gasteiger partial charge in [0.05, 0.1) is 12.1 Å². The summed E-state index contributed by atoms with van der Waals surface area (Å²) in [6, 6.07) is 15.1. The molecule has 4 rings (SSSR count). The topological polar surface area (TPSA) is 84.8 Å². The van der Waals surface area contributed by atoms with Gasteiger partial charge in [0.1, 0.15) is 11.8 Å². The fraction of sp³-hybridized carbons (Fsp3) is 0.435. The van der Waals surface area contributed by atoms with Gasteiger partial charge in [-0.2, -0.15) is 0 Å². The van der Waals surface area contributed by atoms with E-state index in [2.05, 4.69) is 49.0 Å². The van der Waals surface area contributed by atoms with Crippen molar-refractivity contribution in [3.8, 4) is 5.75 Å². The van der Waals surface area contributed by atoms with E-state index in [4.69, 9.17) is 0 Å². The standard InChI is InChI=1S/C23H29N3O3/c1-14(2)15-8-10-16(11-9-15)22-19-20(17-6-3-4-7-18(17)28)24-25-21(19)23(29)26(22)12-5-13-27/h3-4,6-11,14,19-22,24-25,27-28H,5,12-13H2,1-2H3. The monoisotopic (exact) mass is 395 g/mol. The van der Waals surface area contributed by atoms with Crippen molar-refractivity contribution < 1.29 is 15.0 Å². The molecule has 2 aromatic rings. The maximum Gasteiger partial charge on any atom is 0.242 e. The maximum atomic E-state index is 13.2. The molecular weight excluding hydrogens is 366 g/mol. The van der Waals surface area contributed by atoms with Crippen LogP contribution in [0.1, 0.15) is 55.0 Å². The number of carbonyl (C=O) groups excluding carboxylic acids is 1. The molecule has 2 aliphatic rings. The van der Waals surface area contributed by atoms with Crippen LogP contribution in [0.3, 0.4) is 0 Å². The van der Waals surface area contributed by atoms with Crippen molar-refractivity contribution in [3.05, 3.63) is 65.2 Å². The second kappa shape index (κ2) is 8.14. The zero-order chi connectivity index (χ0) is 20.5. The van der Waals surface area contributed by atoms with Crippen LogP contribution in [-0.2, 0) is 4.79 Å². The van der Waals surface area contributed by atoms with Crippen LogP contribution < -0.4 is 10.9 Å². The van der Waals surface area contributed by atoms with Gasteiger partial charge in [-0.05, 0) is 29.5 Å². The number of phenols is 1. The molecule has 0 aliphatic carbocycles. The fourth-order valence-corrected chi connectivity index (χ4v) is 4.69. The van der Waals surface area contributed by atoms with Crippen LogP contribution in [0, 0.1) is 5.92 Å². The van der Waals surface area contributed by atoms with Crippen molar-refractivity contribution in [1.29, 1.82) is 0 Å². The van der Waals surface area contributed by atoms with Crippen LogP contribution in [0.4, 0.5) is 0 Å². The molecule has 0 aromatic heterocycles. The molecule has 4 N–H and O–H groups in total. The minimum atomic E-state index is -0.368. The zero-order valence-corrected chi connectivity index (χ0v) is 16.9. The highest BCUT2D eigenvalue weighted by atomic mass is 16.3. The number of hydrogen-bond donors (Lipinski definition) is 4. The summed E-state index contributed by atoms with van der Waals surface area (Å²) in [7, 11) is 0. The Kier molecular flexibility index (Phi) is 5.58. The summed E-state index contributed by atoms with van der Waals surface area (Å²) in [5.74, 6) is 0.630. The van der Waals surface area contributed by atoms with Gasteiger partial charge in [-0.25, -0.2) is 10.9 Å². The lowest BCUT2D eigenvalue weighted by molar-refractivity contribution is -0.130. The summed E-state index contributed by atoms with van der Waals surface area (Å²) in [5.41, 5.74) is 9.54. The molecule has 0 bridgehead atoms. The molecular formula is C23H29N3O3. The first-order valence-corrected chi connectivity index (χ1v) is 10.3. The third-order valence-corrected chi connectivity index (χ3v) is 6.19. The van der Waals surface area contributed by atoms with Crippen LogP contribution in [0.25, 0.3) is 0 Å². The second-order valence-corrected chi connectivity index (χ2v) is 8.26. The number of nitrogens with zero attached hydrogens (tertiary/aromatic N) is 1. The van der Waals surface area contributed by atoms with E-state index in [9.17, 15) is 15.0 Å². The van der Waals surface area contributed by atoms with E-state index in [1.165, 1.54) is 5.56 Å². The summed E-state index contributed by atoms with van der Waals surface area (Å²) in [6.45, 7) is 4.88. The number of fused-ring (bicyclic) bond motifs is 1. The number of amides is 1. The number of benzene rings is 2. The molecule has 1 amide bonds. The number of hydrazine groups is 1. The minimum Gasteiger partial charge on any atom is -0.508 e. The Balaban J connectivity index is 1.74. The summed E-state index contributed by atoms with van der Waals surface area (Å²) < 4.78 is 0. The van der Waals surface area contributed by atoms with E-state index in [1.807, 2.05) is 17.0 Å². The number of aliphatic hydroxyl groups excluding tert-OH is 1. The fourth-order valence-electron chi connectivity index (χ4n) is 4.69. The highest BCUT2D eigenvalue weighted by Gasteiger charge is 2.55. The Hall–Kier alpha value is -2.41. The van der Waals surface area contributed by atoms with Gasteiger partial charge in [-0.3, -0.25) is 4.79 Å². The number of hydrogen-bond acceptors (Lipinski definition) is 5. The number of phenolic OH excluding ortho intramolecular Hbond substituents is 1. The number of likely N-dealkylation sites (tertiary alicyclic amines) is 1. The lowest BCUT2D eigenvalue weighted by Gasteiger charge is -2.31. The van der Waals surface area contributed by atoms with Crippen molar-refractivity contribution >= 4 is 5.91 Å². The minimum absolute atomic E-state index is 0.0341. The van der Waals surface area contributed by atoms with Gasteiger partial charge in [0.15, 0.2) is 0 Å². The highest BCUT2D eigenvalue weighted by molar-refractivity contribution is 5.86. The van der Waals surface area contributed by atoms with Crippen LogP contribution in [0.5, 0.6) is 5.75 Å². The Labute approximate surface area is 171 Å². The van der Waals surface area contributed by atoms with E-state index in [0.717, 1.165) is 11.1 Å². The predicted molar refractivity (Wildman–Crippen MR) is 111 cm³/mol. The number of nitrogens with one attached hydrogen (secondary N) is 2. The summed E-state index contributed by atoms with van der Waals surface area (Å²) in [6.07, 6.45) is 0.542. The molecule has 2 fully saturated rings. The maximum absolute atomic E-state index is 13.2. The van der Waals surface area contributed by atoms with Gasteiger partial charge >= 0.3 is 0 Å². The average Bonchev–Trinajstić information content (AvgIpc) is 3.26. The summed E-state index contributed by atoms with van der Waals surface area (Å²) in [5, 5.41) is 19.8. The average molecular weight is 396 g/mol. The van der Waals surface area contributed by atoms with Gasteiger partial charge in [-0.1, -0.05) is 56.3 Å². The third-order valence-electron chi connectivity index (χ3n) is 6.19. The number of aromatic hydroxyl groups is 1. The van der Waals surface area contributed by atoms with Crippen molar-refractivity contribution in [2.45, 2.75) is 44.3 Å². The van der Waals surface area contributed by atoms with Crippen molar-refractivity contribution in [3.63, 3.8) is 0 Å². The first-order chi connectivity index (χ1) is 14.0. The lowest BCUT2D eigenvalue weighted by atomic mass is 9.82. The zero-order valence-electron chi connectivity index (χ0n) is 16.9. The van der Waals surface area contributed by atoms with E-state index in [0.29, 0.717) is 18.9 Å². The molecule has 29 heavy (non-hydrogen) atoms. The lowest BCUT2D eigenvalue weighted by Crippen LogP contribution is -2.41. The van der Waals surface area contributed by atoms with Crippen LogP contribution in [0.15, 0.2) is 48.5 Å². The van der Waals surface area contributed by atoms with Crippen LogP contribution in [0.2, 0.25) is 0 Å². The molecule has 4 unspecified atom stereocenters. The number of aliphatic hydroxyl groups is 1.